The molecule has 1 atom stereocenters. The van der Waals surface area contributed by atoms with Gasteiger partial charge in [-0.05, 0) is 24.3 Å². The summed E-state index contributed by atoms with van der Waals surface area (Å²) in [6.45, 7) is 4.63. The third kappa shape index (κ3) is 4.31. The maximum Gasteiger partial charge on any atom is 0.0731 e. The van der Waals surface area contributed by atoms with E-state index in [0.29, 0.717) is 0 Å². The largest absolute Gasteiger partial charge is 0.112 e. The molecule has 11 heavy (non-hydrogen) atoms. The topological polar surface area (TPSA) is 0 Å². The van der Waals surface area contributed by atoms with Crippen molar-refractivity contribution in [1.82, 2.24) is 0 Å². The smallest absolute Gasteiger partial charge is 0.0731 e. The second-order valence-electron chi connectivity index (χ2n) is 2.57. The van der Waals surface area contributed by atoms with E-state index in [1.807, 2.05) is 0 Å². The highest BCUT2D eigenvalue weighted by atomic mass is 33.4. The van der Waals surface area contributed by atoms with Gasteiger partial charge in [-0.1, -0.05) is 13.8 Å². The van der Waals surface area contributed by atoms with Crippen molar-refractivity contribution in [2.24, 2.45) is 0 Å². The summed E-state index contributed by atoms with van der Waals surface area (Å²) in [6, 6.07) is 0. The second-order valence-corrected chi connectivity index (χ2v) is 12.9. The molecule has 0 N–H and O–H groups in total. The lowest BCUT2D eigenvalue weighted by Crippen LogP contribution is -1.92. The van der Waals surface area contributed by atoms with Gasteiger partial charge < -0.3 is 0 Å². The average molecular weight is 226 g/mol. The van der Waals surface area contributed by atoms with Crippen LogP contribution in [0.3, 0.4) is 0 Å². The minimum atomic E-state index is 0.233. The van der Waals surface area contributed by atoms with Gasteiger partial charge >= 0.3 is 0 Å². The summed E-state index contributed by atoms with van der Waals surface area (Å²) in [5.41, 5.74) is 0.233. The Balaban J connectivity index is 2.13. The van der Waals surface area contributed by atoms with E-state index < -0.39 is 0 Å². The molecule has 1 aliphatic rings. The average Bonchev–Trinajstić information content (AvgIpc) is 2.06. The van der Waals surface area contributed by atoms with Gasteiger partial charge in [0.15, 0.2) is 0 Å². The first-order chi connectivity index (χ1) is 5.33. The van der Waals surface area contributed by atoms with Gasteiger partial charge in [-0.3, -0.25) is 0 Å². The summed E-state index contributed by atoms with van der Waals surface area (Å²) in [5.74, 6) is 2.81. The minimum Gasteiger partial charge on any atom is -0.112 e. The summed E-state index contributed by atoms with van der Waals surface area (Å²) >= 11 is 6.61. The van der Waals surface area contributed by atoms with E-state index in [-0.39, 0.29) is 5.53 Å². The van der Waals surface area contributed by atoms with Crippen LogP contribution < -0.4 is 0 Å². The molecular formula is C7H15PS3. The molecule has 0 saturated carbocycles. The lowest BCUT2D eigenvalue weighted by molar-refractivity contribution is 0.912. The molecule has 1 aliphatic heterocycles. The SMILES string of the molecule is CCC(C)SP1SCCCS1. The Bertz CT molecular complexity index is 104. The Morgan fingerprint density at radius 3 is 2.64 bits per heavy atom. The van der Waals surface area contributed by atoms with E-state index in [1.165, 1.54) is 24.3 Å². The van der Waals surface area contributed by atoms with Crippen molar-refractivity contribution < 1.29 is 0 Å². The summed E-state index contributed by atoms with van der Waals surface area (Å²) in [4.78, 5) is 0. The second kappa shape index (κ2) is 6.01. The highest BCUT2D eigenvalue weighted by Gasteiger charge is 2.16. The first-order valence-corrected chi connectivity index (χ1v) is 10.1. The molecular weight excluding hydrogens is 211 g/mol. The molecule has 0 nitrogen and oxygen atoms in total. The summed E-state index contributed by atoms with van der Waals surface area (Å²) in [7, 11) is 0. The van der Waals surface area contributed by atoms with Gasteiger partial charge in [-0.15, -0.1) is 34.1 Å². The molecule has 0 amide bonds. The lowest BCUT2D eigenvalue weighted by Gasteiger charge is -2.22. The molecule has 0 aromatic rings. The quantitative estimate of drug-likeness (QED) is 0.645. The zero-order chi connectivity index (χ0) is 8.10. The van der Waals surface area contributed by atoms with Gasteiger partial charge in [0.25, 0.3) is 0 Å². The lowest BCUT2D eigenvalue weighted by atomic mass is 10.4. The molecule has 0 bridgehead atoms. The third-order valence-corrected chi connectivity index (χ3v) is 13.1. The normalized spacial score (nSPS) is 23.5. The Morgan fingerprint density at radius 2 is 2.09 bits per heavy atom. The van der Waals surface area contributed by atoms with Crippen LogP contribution in [-0.4, -0.2) is 16.8 Å². The van der Waals surface area contributed by atoms with Crippen LogP contribution in [0.15, 0.2) is 0 Å². The molecule has 1 heterocycles. The fourth-order valence-electron chi connectivity index (χ4n) is 0.657. The highest BCUT2D eigenvalue weighted by Crippen LogP contribution is 2.73. The molecule has 1 fully saturated rings. The number of rotatable bonds is 3. The fraction of sp³-hybridized carbons (Fsp3) is 1.00. The molecule has 0 aromatic carbocycles. The molecule has 1 rings (SSSR count). The van der Waals surface area contributed by atoms with Crippen molar-refractivity contribution in [2.75, 3.05) is 11.5 Å². The van der Waals surface area contributed by atoms with Crippen LogP contribution in [0.4, 0.5) is 0 Å². The van der Waals surface area contributed by atoms with Crippen molar-refractivity contribution >= 4 is 39.7 Å². The van der Waals surface area contributed by atoms with E-state index in [9.17, 15) is 0 Å². The molecule has 0 radical (unpaired) electrons. The predicted octanol–water partition coefficient (Wildman–Crippen LogP) is 4.62. The van der Waals surface area contributed by atoms with Gasteiger partial charge in [-0.2, -0.15) is 0 Å². The van der Waals surface area contributed by atoms with Crippen LogP contribution in [0.5, 0.6) is 0 Å². The minimum absolute atomic E-state index is 0.233. The van der Waals surface area contributed by atoms with E-state index >= 15 is 0 Å². The first kappa shape index (κ1) is 10.6. The van der Waals surface area contributed by atoms with Gasteiger partial charge in [0.2, 0.25) is 0 Å². The van der Waals surface area contributed by atoms with Crippen LogP contribution in [0.1, 0.15) is 26.7 Å². The van der Waals surface area contributed by atoms with Crippen molar-refractivity contribution in [3.05, 3.63) is 0 Å². The summed E-state index contributed by atoms with van der Waals surface area (Å²) in [5, 5.41) is 0.874. The molecule has 1 unspecified atom stereocenters. The number of hydrogen-bond acceptors (Lipinski definition) is 3. The maximum absolute atomic E-state index is 2.35. The molecule has 1 saturated heterocycles. The van der Waals surface area contributed by atoms with Crippen LogP contribution in [-0.2, 0) is 0 Å². The summed E-state index contributed by atoms with van der Waals surface area (Å²) in [6.07, 6.45) is 2.75. The van der Waals surface area contributed by atoms with Gasteiger partial charge in [-0.25, -0.2) is 0 Å². The Hall–Kier alpha value is 1.48. The van der Waals surface area contributed by atoms with Gasteiger partial charge in [0, 0.05) is 5.25 Å². The fourth-order valence-corrected chi connectivity index (χ4v) is 13.0. The first-order valence-electron chi connectivity index (χ1n) is 4.05. The number of hydrogen-bond donors (Lipinski definition) is 0. The predicted molar refractivity (Wildman–Crippen MR) is 63.8 cm³/mol. The van der Waals surface area contributed by atoms with Crippen LogP contribution in [0.25, 0.3) is 0 Å². The zero-order valence-electron chi connectivity index (χ0n) is 7.08. The standard InChI is InChI=1S/C7H15PS3/c1-3-7(2)11-8-9-5-4-6-10-8/h7H,3-6H2,1-2H3. The van der Waals surface area contributed by atoms with Crippen molar-refractivity contribution in [3.63, 3.8) is 0 Å². The monoisotopic (exact) mass is 226 g/mol. The highest BCUT2D eigenvalue weighted by molar-refractivity contribution is 9.12. The maximum atomic E-state index is 2.35. The van der Waals surface area contributed by atoms with E-state index in [4.69, 9.17) is 0 Å². The Kier molecular flexibility index (Phi) is 5.77. The third-order valence-electron chi connectivity index (χ3n) is 1.52. The van der Waals surface area contributed by atoms with Crippen LogP contribution >= 0.6 is 39.7 Å². The summed E-state index contributed by atoms with van der Waals surface area (Å²) < 4.78 is 0. The Labute approximate surface area is 83.0 Å². The van der Waals surface area contributed by atoms with E-state index in [0.717, 1.165) is 5.25 Å². The van der Waals surface area contributed by atoms with Crippen LogP contribution in [0.2, 0.25) is 0 Å². The van der Waals surface area contributed by atoms with Gasteiger partial charge in [0.05, 0.1) is 5.53 Å². The molecule has 4 heteroatoms. The molecule has 66 valence electrons. The molecule has 0 spiro atoms. The van der Waals surface area contributed by atoms with E-state index in [2.05, 4.69) is 48.0 Å². The molecule has 0 aromatic heterocycles. The van der Waals surface area contributed by atoms with Crippen LogP contribution in [0, 0.1) is 0 Å². The van der Waals surface area contributed by atoms with Crippen molar-refractivity contribution in [2.45, 2.75) is 31.9 Å². The van der Waals surface area contributed by atoms with Gasteiger partial charge in [0.1, 0.15) is 0 Å². The Morgan fingerprint density at radius 1 is 1.45 bits per heavy atom. The van der Waals surface area contributed by atoms with E-state index in [1.54, 1.807) is 0 Å². The molecule has 0 aliphatic carbocycles. The van der Waals surface area contributed by atoms with Crippen molar-refractivity contribution in [3.8, 4) is 0 Å². The van der Waals surface area contributed by atoms with Crippen molar-refractivity contribution in [1.29, 1.82) is 0 Å². The zero-order valence-corrected chi connectivity index (χ0v) is 10.4.